The molecule has 3 aromatic rings. The predicted octanol–water partition coefficient (Wildman–Crippen LogP) is 3.78. The largest absolute Gasteiger partial charge is 0.511 e. The zero-order valence-corrected chi connectivity index (χ0v) is 15.1. The lowest BCUT2D eigenvalue weighted by molar-refractivity contribution is 0.270. The average molecular weight is 374 g/mol. The smallest absolute Gasteiger partial charge is 0.468 e. The van der Waals surface area contributed by atoms with Crippen LogP contribution in [0.1, 0.15) is 6.92 Å². The third-order valence-electron chi connectivity index (χ3n) is 3.91. The molecule has 0 saturated carbocycles. The van der Waals surface area contributed by atoms with E-state index in [1.165, 1.54) is 0 Å². The summed E-state index contributed by atoms with van der Waals surface area (Å²) in [7, 11) is -3.39. The zero-order valence-electron chi connectivity index (χ0n) is 14.1. The summed E-state index contributed by atoms with van der Waals surface area (Å²) in [5.41, 5.74) is 0. The molecule has 0 fully saturated rings. The minimum atomic E-state index is -3.39. The molecule has 0 bridgehead atoms. The summed E-state index contributed by atoms with van der Waals surface area (Å²) in [5, 5.41) is 1.47. The van der Waals surface area contributed by atoms with Gasteiger partial charge in [0, 0.05) is 17.0 Å². The third-order valence-corrected chi connectivity index (χ3v) is 7.30. The molecule has 26 heavy (non-hydrogen) atoms. The van der Waals surface area contributed by atoms with Gasteiger partial charge in [-0.25, -0.2) is 8.78 Å². The molecule has 0 aliphatic carbocycles. The molecule has 0 aromatic heterocycles. The van der Waals surface area contributed by atoms with Crippen molar-refractivity contribution in [3.05, 3.63) is 90.2 Å². The molecule has 3 aromatic carbocycles. The maximum atomic E-state index is 14.3. The Labute approximate surface area is 151 Å². The van der Waals surface area contributed by atoms with Crippen molar-refractivity contribution in [1.82, 2.24) is 0 Å². The molecule has 0 unspecified atom stereocenters. The van der Waals surface area contributed by atoms with Gasteiger partial charge in [-0.2, -0.15) is 4.39 Å². The van der Waals surface area contributed by atoms with Crippen LogP contribution in [0.2, 0.25) is 0 Å². The van der Waals surface area contributed by atoms with Crippen molar-refractivity contribution >= 4 is 18.9 Å². The van der Waals surface area contributed by atoms with Crippen LogP contribution in [0.4, 0.5) is 13.2 Å². The molecule has 0 aliphatic heterocycles. The maximum absolute atomic E-state index is 14.3. The Morgan fingerprint density at radius 3 is 1.77 bits per heavy atom. The lowest BCUT2D eigenvalue weighted by Gasteiger charge is -2.31. The van der Waals surface area contributed by atoms with Crippen LogP contribution in [0, 0.1) is 17.5 Å². The van der Waals surface area contributed by atoms with Crippen LogP contribution in [0.15, 0.2) is 72.8 Å². The lowest BCUT2D eigenvalue weighted by atomic mass is 10.3. The van der Waals surface area contributed by atoms with Crippen molar-refractivity contribution in [2.45, 2.75) is 6.92 Å². The van der Waals surface area contributed by atoms with E-state index in [0.717, 1.165) is 22.5 Å². The Kier molecular flexibility index (Phi) is 5.44. The van der Waals surface area contributed by atoms with Crippen LogP contribution in [-0.2, 0) is 4.43 Å². The number of hydrogen-bond donors (Lipinski definition) is 0. The monoisotopic (exact) mass is 374 g/mol. The van der Waals surface area contributed by atoms with Gasteiger partial charge in [-0.1, -0.05) is 60.7 Å². The fraction of sp³-hybridized carbons (Fsp3) is 0.100. The Hall–Kier alpha value is -2.57. The number of hydrogen-bond acceptors (Lipinski definition) is 2. The van der Waals surface area contributed by atoms with Gasteiger partial charge in [0.15, 0.2) is 11.6 Å². The Bertz CT molecular complexity index is 833. The second kappa shape index (κ2) is 7.76. The molecule has 0 saturated heterocycles. The molecular formula is C20H17F3O2Si. The van der Waals surface area contributed by atoms with Crippen molar-refractivity contribution in [3.8, 4) is 5.75 Å². The summed E-state index contributed by atoms with van der Waals surface area (Å²) < 4.78 is 53.4. The third kappa shape index (κ3) is 3.38. The number of halogens is 3. The van der Waals surface area contributed by atoms with Crippen LogP contribution in [-0.4, -0.2) is 15.2 Å². The van der Waals surface area contributed by atoms with E-state index in [0.29, 0.717) is 6.61 Å². The van der Waals surface area contributed by atoms with Crippen LogP contribution in [0.25, 0.3) is 0 Å². The SMILES string of the molecule is CCO[Si](Oc1ccc(F)c(F)c1F)(c1ccccc1)c1ccccc1. The molecule has 2 nitrogen and oxygen atoms in total. The first-order valence-corrected chi connectivity index (χ1v) is 9.97. The van der Waals surface area contributed by atoms with Gasteiger partial charge in [0.1, 0.15) is 5.75 Å². The summed E-state index contributed by atoms with van der Waals surface area (Å²) in [6.07, 6.45) is 0. The highest BCUT2D eigenvalue weighted by Gasteiger charge is 2.45. The minimum Gasteiger partial charge on any atom is -0.511 e. The summed E-state index contributed by atoms with van der Waals surface area (Å²) in [5.74, 6) is -4.58. The lowest BCUT2D eigenvalue weighted by Crippen LogP contribution is -2.65. The first-order valence-electron chi connectivity index (χ1n) is 8.16. The van der Waals surface area contributed by atoms with Gasteiger partial charge in [0.25, 0.3) is 0 Å². The van der Waals surface area contributed by atoms with Gasteiger partial charge in [-0.3, -0.25) is 0 Å². The molecule has 0 aliphatic rings. The molecule has 0 spiro atoms. The normalized spacial score (nSPS) is 11.4. The molecule has 0 heterocycles. The highest BCUT2D eigenvalue weighted by atomic mass is 28.4. The fourth-order valence-electron chi connectivity index (χ4n) is 2.74. The summed E-state index contributed by atoms with van der Waals surface area (Å²) in [6.45, 7) is 2.11. The van der Waals surface area contributed by atoms with Crippen molar-refractivity contribution < 1.29 is 22.0 Å². The zero-order chi connectivity index (χ0) is 18.6. The van der Waals surface area contributed by atoms with Crippen molar-refractivity contribution in [2.24, 2.45) is 0 Å². The second-order valence-corrected chi connectivity index (χ2v) is 8.44. The molecule has 6 heteroatoms. The van der Waals surface area contributed by atoms with Crippen molar-refractivity contribution in [3.63, 3.8) is 0 Å². The standard InChI is InChI=1S/C20H17F3O2Si/c1-2-24-26(15-9-5-3-6-10-15,16-11-7-4-8-12-16)25-18-14-13-17(21)19(22)20(18)23/h3-14H,2H2,1H3. The summed E-state index contributed by atoms with van der Waals surface area (Å²) >= 11 is 0. The van der Waals surface area contributed by atoms with E-state index in [1.807, 2.05) is 60.7 Å². The topological polar surface area (TPSA) is 18.5 Å². The predicted molar refractivity (Wildman–Crippen MR) is 96.5 cm³/mol. The Morgan fingerprint density at radius 2 is 1.27 bits per heavy atom. The quantitative estimate of drug-likeness (QED) is 0.483. The summed E-state index contributed by atoms with van der Waals surface area (Å²) in [4.78, 5) is 0. The van der Waals surface area contributed by atoms with Crippen molar-refractivity contribution in [1.29, 1.82) is 0 Å². The Morgan fingerprint density at radius 1 is 0.731 bits per heavy atom. The molecule has 0 N–H and O–H groups in total. The van der Waals surface area contributed by atoms with E-state index in [-0.39, 0.29) is 5.75 Å². The van der Waals surface area contributed by atoms with Crippen LogP contribution in [0.3, 0.4) is 0 Å². The van der Waals surface area contributed by atoms with E-state index >= 15 is 0 Å². The van der Waals surface area contributed by atoms with Gasteiger partial charge in [0.2, 0.25) is 5.82 Å². The van der Waals surface area contributed by atoms with Gasteiger partial charge in [0.05, 0.1) is 0 Å². The maximum Gasteiger partial charge on any atom is 0.468 e. The van der Waals surface area contributed by atoms with E-state index in [1.54, 1.807) is 6.92 Å². The highest BCUT2D eigenvalue weighted by Crippen LogP contribution is 2.25. The van der Waals surface area contributed by atoms with Gasteiger partial charge < -0.3 is 8.85 Å². The fourth-order valence-corrected chi connectivity index (χ4v) is 5.84. The molecule has 0 atom stereocenters. The average Bonchev–Trinajstić information content (AvgIpc) is 2.69. The molecule has 134 valence electrons. The van der Waals surface area contributed by atoms with E-state index in [4.69, 9.17) is 8.85 Å². The molecule has 0 amide bonds. The summed E-state index contributed by atoms with van der Waals surface area (Å²) in [6, 6.07) is 20.2. The van der Waals surface area contributed by atoms with E-state index in [2.05, 4.69) is 0 Å². The molecule has 0 radical (unpaired) electrons. The van der Waals surface area contributed by atoms with Gasteiger partial charge in [-0.15, -0.1) is 0 Å². The van der Waals surface area contributed by atoms with E-state index < -0.39 is 26.0 Å². The second-order valence-electron chi connectivity index (χ2n) is 5.56. The first kappa shape index (κ1) is 18.2. The molecule has 3 rings (SSSR count). The number of benzene rings is 3. The molecular weight excluding hydrogens is 357 g/mol. The van der Waals surface area contributed by atoms with Crippen molar-refractivity contribution in [2.75, 3.05) is 6.61 Å². The minimum absolute atomic E-state index is 0.307. The Balaban J connectivity index is 2.19. The number of rotatable bonds is 6. The highest BCUT2D eigenvalue weighted by molar-refractivity contribution is 6.93. The first-order chi connectivity index (χ1) is 12.6. The van der Waals surface area contributed by atoms with Crippen LogP contribution >= 0.6 is 0 Å². The van der Waals surface area contributed by atoms with Gasteiger partial charge in [-0.05, 0) is 19.1 Å². The van der Waals surface area contributed by atoms with Crippen LogP contribution in [0.5, 0.6) is 5.75 Å². The van der Waals surface area contributed by atoms with Gasteiger partial charge >= 0.3 is 8.56 Å². The van der Waals surface area contributed by atoms with Crippen LogP contribution < -0.4 is 14.8 Å². The van der Waals surface area contributed by atoms with E-state index in [9.17, 15) is 13.2 Å².